The van der Waals surface area contributed by atoms with Crippen LogP contribution in [0.5, 0.6) is 17.2 Å². The molecule has 0 aromatic heterocycles. The van der Waals surface area contributed by atoms with E-state index in [9.17, 15) is 0 Å². The van der Waals surface area contributed by atoms with Gasteiger partial charge < -0.3 is 19.5 Å². The molecule has 25 heavy (non-hydrogen) atoms. The summed E-state index contributed by atoms with van der Waals surface area (Å²) in [4.78, 5) is 0. The summed E-state index contributed by atoms with van der Waals surface area (Å²) in [6.07, 6.45) is 4.84. The Hall–Kier alpha value is -2.20. The Kier molecular flexibility index (Phi) is 6.57. The highest BCUT2D eigenvalue weighted by Crippen LogP contribution is 2.30. The molecule has 1 aliphatic heterocycles. The monoisotopic (exact) mass is 341 g/mol. The van der Waals surface area contributed by atoms with Gasteiger partial charge in [0.1, 0.15) is 18.5 Å². The molecule has 0 bridgehead atoms. The maximum atomic E-state index is 5.94. The highest BCUT2D eigenvalue weighted by atomic mass is 16.6. The van der Waals surface area contributed by atoms with Crippen molar-refractivity contribution < 1.29 is 14.2 Å². The Morgan fingerprint density at radius 3 is 2.60 bits per heavy atom. The number of methoxy groups -OCH3 is 1. The Morgan fingerprint density at radius 1 is 1.00 bits per heavy atom. The van der Waals surface area contributed by atoms with E-state index in [1.807, 2.05) is 36.4 Å². The van der Waals surface area contributed by atoms with Gasteiger partial charge in [-0.3, -0.25) is 0 Å². The molecular formula is C21H27NO3. The zero-order valence-corrected chi connectivity index (χ0v) is 14.9. The Bertz CT molecular complexity index is 642. The third-order valence-corrected chi connectivity index (χ3v) is 4.42. The van der Waals surface area contributed by atoms with Crippen molar-refractivity contribution in [3.8, 4) is 17.2 Å². The summed E-state index contributed by atoms with van der Waals surface area (Å²) < 4.78 is 16.8. The number of hydrogen-bond acceptors (Lipinski definition) is 4. The van der Waals surface area contributed by atoms with E-state index in [1.54, 1.807) is 7.11 Å². The molecule has 0 amide bonds. The molecular weight excluding hydrogens is 314 g/mol. The second-order valence-corrected chi connectivity index (χ2v) is 6.36. The molecule has 0 saturated heterocycles. The SMILES string of the molecule is COc1ccc(CCCCCNC[C@H]2COc3ccccc3O2)cc1. The van der Waals surface area contributed by atoms with Crippen LogP contribution in [0.15, 0.2) is 48.5 Å². The van der Waals surface area contributed by atoms with Gasteiger partial charge in [-0.25, -0.2) is 0 Å². The first-order valence-electron chi connectivity index (χ1n) is 9.07. The van der Waals surface area contributed by atoms with Gasteiger partial charge in [-0.1, -0.05) is 30.7 Å². The standard InChI is InChI=1S/C21H27NO3/c1-23-18-12-10-17(11-13-18)7-3-2-6-14-22-15-19-16-24-20-8-4-5-9-21(20)25-19/h4-5,8-13,19,22H,2-3,6-7,14-16H2,1H3/t19-/m0/s1. The normalized spacial score (nSPS) is 15.8. The van der Waals surface area contributed by atoms with Crippen LogP contribution in [-0.4, -0.2) is 32.9 Å². The van der Waals surface area contributed by atoms with Crippen LogP contribution in [0.1, 0.15) is 24.8 Å². The largest absolute Gasteiger partial charge is 0.497 e. The minimum atomic E-state index is 0.0919. The molecule has 0 spiro atoms. The fourth-order valence-electron chi connectivity index (χ4n) is 2.97. The quantitative estimate of drug-likeness (QED) is 0.704. The van der Waals surface area contributed by atoms with Crippen LogP contribution in [0.25, 0.3) is 0 Å². The number of aryl methyl sites for hydroxylation is 1. The van der Waals surface area contributed by atoms with Crippen LogP contribution in [0, 0.1) is 0 Å². The number of unbranched alkanes of at least 4 members (excludes halogenated alkanes) is 2. The zero-order chi connectivity index (χ0) is 17.3. The average Bonchev–Trinajstić information content (AvgIpc) is 2.67. The van der Waals surface area contributed by atoms with Crippen LogP contribution >= 0.6 is 0 Å². The van der Waals surface area contributed by atoms with Gasteiger partial charge >= 0.3 is 0 Å². The summed E-state index contributed by atoms with van der Waals surface area (Å²) in [5.41, 5.74) is 1.38. The van der Waals surface area contributed by atoms with Crippen molar-refractivity contribution >= 4 is 0 Å². The van der Waals surface area contributed by atoms with Gasteiger partial charge in [-0.2, -0.15) is 0 Å². The van der Waals surface area contributed by atoms with E-state index >= 15 is 0 Å². The van der Waals surface area contributed by atoms with E-state index in [0.717, 1.165) is 36.8 Å². The Morgan fingerprint density at radius 2 is 1.80 bits per heavy atom. The van der Waals surface area contributed by atoms with E-state index in [0.29, 0.717) is 6.61 Å². The number of para-hydroxylation sites is 2. The van der Waals surface area contributed by atoms with E-state index < -0.39 is 0 Å². The lowest BCUT2D eigenvalue weighted by Gasteiger charge is -2.26. The number of rotatable bonds is 9. The highest BCUT2D eigenvalue weighted by Gasteiger charge is 2.19. The summed E-state index contributed by atoms with van der Waals surface area (Å²) in [5.74, 6) is 2.61. The minimum Gasteiger partial charge on any atom is -0.497 e. The van der Waals surface area contributed by atoms with Gasteiger partial charge in [0.2, 0.25) is 0 Å². The number of ether oxygens (including phenoxy) is 3. The summed E-state index contributed by atoms with van der Waals surface area (Å²) in [6, 6.07) is 16.2. The summed E-state index contributed by atoms with van der Waals surface area (Å²) in [7, 11) is 1.70. The molecule has 0 radical (unpaired) electrons. The summed E-state index contributed by atoms with van der Waals surface area (Å²) in [5, 5.41) is 3.48. The van der Waals surface area contributed by atoms with E-state index in [2.05, 4.69) is 17.4 Å². The maximum Gasteiger partial charge on any atom is 0.161 e. The van der Waals surface area contributed by atoms with Gasteiger partial charge in [0.05, 0.1) is 7.11 Å². The second-order valence-electron chi connectivity index (χ2n) is 6.36. The Labute approximate surface area is 150 Å². The average molecular weight is 341 g/mol. The predicted octanol–water partition coefficient (Wildman–Crippen LogP) is 3.84. The van der Waals surface area contributed by atoms with Crippen molar-refractivity contribution in [2.75, 3.05) is 26.8 Å². The molecule has 0 fully saturated rings. The molecule has 0 unspecified atom stereocenters. The summed E-state index contributed by atoms with van der Waals surface area (Å²) >= 11 is 0. The molecule has 0 aliphatic carbocycles. The van der Waals surface area contributed by atoms with Crippen molar-refractivity contribution in [1.29, 1.82) is 0 Å². The molecule has 2 aromatic rings. The predicted molar refractivity (Wildman–Crippen MR) is 99.8 cm³/mol. The highest BCUT2D eigenvalue weighted by molar-refractivity contribution is 5.40. The van der Waals surface area contributed by atoms with Crippen molar-refractivity contribution in [2.24, 2.45) is 0 Å². The third-order valence-electron chi connectivity index (χ3n) is 4.42. The fraction of sp³-hybridized carbons (Fsp3) is 0.429. The topological polar surface area (TPSA) is 39.7 Å². The first-order chi connectivity index (χ1) is 12.3. The first-order valence-corrected chi connectivity index (χ1v) is 9.07. The van der Waals surface area contributed by atoms with Crippen LogP contribution < -0.4 is 19.5 Å². The van der Waals surface area contributed by atoms with Crippen LogP contribution in [0.3, 0.4) is 0 Å². The molecule has 1 heterocycles. The van der Waals surface area contributed by atoms with Gasteiger partial charge in [-0.15, -0.1) is 0 Å². The lowest BCUT2D eigenvalue weighted by Crippen LogP contribution is -2.38. The van der Waals surface area contributed by atoms with Gasteiger partial charge in [0, 0.05) is 6.54 Å². The number of benzene rings is 2. The maximum absolute atomic E-state index is 5.94. The fourth-order valence-corrected chi connectivity index (χ4v) is 2.97. The molecule has 4 nitrogen and oxygen atoms in total. The molecule has 1 aliphatic rings. The molecule has 0 saturated carbocycles. The van der Waals surface area contributed by atoms with Gasteiger partial charge in [0.15, 0.2) is 11.5 Å². The van der Waals surface area contributed by atoms with Crippen LogP contribution in [0.4, 0.5) is 0 Å². The van der Waals surface area contributed by atoms with Crippen molar-refractivity contribution in [2.45, 2.75) is 31.8 Å². The minimum absolute atomic E-state index is 0.0919. The lowest BCUT2D eigenvalue weighted by atomic mass is 10.1. The molecule has 1 atom stereocenters. The molecule has 4 heteroatoms. The number of nitrogens with one attached hydrogen (secondary N) is 1. The number of hydrogen-bond donors (Lipinski definition) is 1. The van der Waals surface area contributed by atoms with Gasteiger partial charge in [0.25, 0.3) is 0 Å². The third kappa shape index (κ3) is 5.40. The van der Waals surface area contributed by atoms with Gasteiger partial charge in [-0.05, 0) is 55.6 Å². The first kappa shape index (κ1) is 17.6. The lowest BCUT2D eigenvalue weighted by molar-refractivity contribution is 0.0905. The van der Waals surface area contributed by atoms with Crippen molar-refractivity contribution in [3.63, 3.8) is 0 Å². The number of fused-ring (bicyclic) bond motifs is 1. The molecule has 134 valence electrons. The smallest absolute Gasteiger partial charge is 0.161 e. The van der Waals surface area contributed by atoms with Crippen LogP contribution in [-0.2, 0) is 6.42 Å². The van der Waals surface area contributed by atoms with Crippen LogP contribution in [0.2, 0.25) is 0 Å². The van der Waals surface area contributed by atoms with Crippen molar-refractivity contribution in [3.05, 3.63) is 54.1 Å². The van der Waals surface area contributed by atoms with Crippen molar-refractivity contribution in [1.82, 2.24) is 5.32 Å². The zero-order valence-electron chi connectivity index (χ0n) is 14.9. The Balaban J connectivity index is 1.24. The van der Waals surface area contributed by atoms with E-state index in [4.69, 9.17) is 14.2 Å². The summed E-state index contributed by atoms with van der Waals surface area (Å²) in [6.45, 7) is 2.46. The second kappa shape index (κ2) is 9.33. The molecule has 2 aromatic carbocycles. The van der Waals surface area contributed by atoms with E-state index in [1.165, 1.54) is 24.8 Å². The van der Waals surface area contributed by atoms with E-state index in [-0.39, 0.29) is 6.10 Å². The molecule has 1 N–H and O–H groups in total. The molecule has 3 rings (SSSR count).